The molecule has 0 aliphatic carbocycles. The van der Waals surface area contributed by atoms with E-state index in [0.717, 1.165) is 15.6 Å². The molecule has 2 heterocycles. The summed E-state index contributed by atoms with van der Waals surface area (Å²) in [6.07, 6.45) is 3.11. The summed E-state index contributed by atoms with van der Waals surface area (Å²) in [5.41, 5.74) is 4.98. The van der Waals surface area contributed by atoms with Gasteiger partial charge in [-0.25, -0.2) is 5.43 Å². The number of aromatic nitrogens is 1. The number of hydrazone groups is 1. The van der Waals surface area contributed by atoms with E-state index in [1.807, 2.05) is 30.3 Å². The van der Waals surface area contributed by atoms with E-state index >= 15 is 0 Å². The molecular formula is C23H17ClN4O2S. The van der Waals surface area contributed by atoms with Gasteiger partial charge in [-0.15, -0.1) is 11.3 Å². The average molecular weight is 449 g/mol. The van der Waals surface area contributed by atoms with Gasteiger partial charge in [-0.1, -0.05) is 41.9 Å². The molecule has 2 aromatic heterocycles. The van der Waals surface area contributed by atoms with Gasteiger partial charge >= 0.3 is 0 Å². The molecule has 4 aromatic rings. The van der Waals surface area contributed by atoms with Crippen molar-refractivity contribution in [3.8, 4) is 0 Å². The van der Waals surface area contributed by atoms with Gasteiger partial charge < -0.3 is 5.32 Å². The summed E-state index contributed by atoms with van der Waals surface area (Å²) >= 11 is 7.68. The van der Waals surface area contributed by atoms with E-state index in [1.165, 1.54) is 17.5 Å². The number of hydrogen-bond donors (Lipinski definition) is 2. The van der Waals surface area contributed by atoms with Crippen molar-refractivity contribution in [2.45, 2.75) is 6.92 Å². The molecule has 0 saturated carbocycles. The van der Waals surface area contributed by atoms with Gasteiger partial charge in [0.1, 0.15) is 4.88 Å². The van der Waals surface area contributed by atoms with Gasteiger partial charge in [-0.2, -0.15) is 5.10 Å². The quantitative estimate of drug-likeness (QED) is 0.318. The van der Waals surface area contributed by atoms with E-state index in [1.54, 1.807) is 43.5 Å². The Labute approximate surface area is 187 Å². The predicted molar refractivity (Wildman–Crippen MR) is 125 cm³/mol. The molecule has 0 bridgehead atoms. The fraction of sp³-hybridized carbons (Fsp3) is 0.0435. The monoisotopic (exact) mass is 448 g/mol. The Morgan fingerprint density at radius 3 is 2.58 bits per heavy atom. The highest BCUT2D eigenvalue weighted by atomic mass is 35.5. The molecule has 0 atom stereocenters. The summed E-state index contributed by atoms with van der Waals surface area (Å²) in [6, 6.07) is 18.2. The van der Waals surface area contributed by atoms with Crippen LogP contribution in [0.1, 0.15) is 32.5 Å². The Morgan fingerprint density at radius 2 is 1.81 bits per heavy atom. The molecule has 0 fully saturated rings. The summed E-state index contributed by atoms with van der Waals surface area (Å²) in [5, 5.41) is 8.30. The number of rotatable bonds is 5. The molecule has 0 aliphatic heterocycles. The number of pyridine rings is 1. The van der Waals surface area contributed by atoms with Crippen LogP contribution in [0.2, 0.25) is 5.02 Å². The van der Waals surface area contributed by atoms with Crippen molar-refractivity contribution in [1.82, 2.24) is 10.4 Å². The molecule has 8 heteroatoms. The topological polar surface area (TPSA) is 83.5 Å². The minimum absolute atomic E-state index is 0.257. The first-order chi connectivity index (χ1) is 15.0. The molecular weight excluding hydrogens is 432 g/mol. The number of benzene rings is 2. The Bertz CT molecular complexity index is 1300. The third-order valence-corrected chi connectivity index (χ3v) is 6.20. The van der Waals surface area contributed by atoms with Crippen LogP contribution in [0.4, 0.5) is 5.69 Å². The molecule has 0 aliphatic rings. The zero-order chi connectivity index (χ0) is 21.8. The highest BCUT2D eigenvalue weighted by Crippen LogP contribution is 2.34. The number of thiophene rings is 1. The van der Waals surface area contributed by atoms with Gasteiger partial charge in [0, 0.05) is 28.2 Å². The van der Waals surface area contributed by atoms with Gasteiger partial charge in [0.2, 0.25) is 0 Å². The van der Waals surface area contributed by atoms with Crippen LogP contribution in [0.25, 0.3) is 10.1 Å². The largest absolute Gasteiger partial charge is 0.322 e. The minimum Gasteiger partial charge on any atom is -0.322 e. The molecule has 0 unspecified atom stereocenters. The summed E-state index contributed by atoms with van der Waals surface area (Å²) in [7, 11) is 0. The number of amides is 2. The highest BCUT2D eigenvalue weighted by molar-refractivity contribution is 7.21. The lowest BCUT2D eigenvalue weighted by Gasteiger charge is -2.08. The van der Waals surface area contributed by atoms with Crippen molar-refractivity contribution in [2.75, 3.05) is 5.32 Å². The molecule has 2 amide bonds. The molecule has 2 N–H and O–H groups in total. The smallest absolute Gasteiger partial charge is 0.283 e. The van der Waals surface area contributed by atoms with E-state index in [-0.39, 0.29) is 11.8 Å². The lowest BCUT2D eigenvalue weighted by Crippen LogP contribution is -2.18. The zero-order valence-electron chi connectivity index (χ0n) is 16.4. The Balaban J connectivity index is 1.48. The van der Waals surface area contributed by atoms with E-state index in [9.17, 15) is 9.59 Å². The Kier molecular flexibility index (Phi) is 6.06. The number of nitrogens with one attached hydrogen (secondary N) is 2. The molecule has 4 rings (SSSR count). The van der Waals surface area contributed by atoms with Crippen molar-refractivity contribution in [3.05, 3.63) is 94.1 Å². The minimum atomic E-state index is -0.369. The van der Waals surface area contributed by atoms with Crippen molar-refractivity contribution in [2.24, 2.45) is 5.10 Å². The molecule has 2 aromatic carbocycles. The van der Waals surface area contributed by atoms with Crippen LogP contribution < -0.4 is 10.7 Å². The van der Waals surface area contributed by atoms with Gasteiger partial charge in [-0.3, -0.25) is 14.6 Å². The summed E-state index contributed by atoms with van der Waals surface area (Å²) < 4.78 is 0.940. The number of carbonyl (C=O) groups is 2. The number of nitrogens with zero attached hydrogens (tertiary/aromatic N) is 2. The van der Waals surface area contributed by atoms with Gasteiger partial charge in [0.25, 0.3) is 11.8 Å². The normalized spacial score (nSPS) is 11.4. The van der Waals surface area contributed by atoms with Crippen molar-refractivity contribution in [1.29, 1.82) is 0 Å². The highest BCUT2D eigenvalue weighted by Gasteiger charge is 2.16. The van der Waals surface area contributed by atoms with E-state index in [4.69, 9.17) is 11.6 Å². The van der Waals surface area contributed by atoms with Crippen LogP contribution in [0.15, 0.2) is 78.2 Å². The first-order valence-electron chi connectivity index (χ1n) is 9.36. The molecule has 0 radical (unpaired) electrons. The SMILES string of the molecule is C/C(=N\NC(=O)c1sc2ccccc2c1Cl)c1cccc(NC(=O)c2cccnc2)c1. The molecule has 0 spiro atoms. The van der Waals surface area contributed by atoms with Crippen LogP contribution in [-0.4, -0.2) is 22.5 Å². The maximum absolute atomic E-state index is 12.6. The standard InChI is InChI=1S/C23H17ClN4O2S/c1-14(27-28-23(30)21-20(24)18-9-2-3-10-19(18)31-21)15-6-4-8-17(12-15)26-22(29)16-7-5-11-25-13-16/h2-13H,1H3,(H,26,29)(H,28,30)/b27-14+. The van der Waals surface area contributed by atoms with Gasteiger partial charge in [0.15, 0.2) is 0 Å². The Morgan fingerprint density at radius 1 is 1.00 bits per heavy atom. The van der Waals surface area contributed by atoms with Crippen molar-refractivity contribution >= 4 is 56.2 Å². The first-order valence-corrected chi connectivity index (χ1v) is 10.6. The third-order valence-electron chi connectivity index (χ3n) is 4.53. The van der Waals surface area contributed by atoms with Crippen LogP contribution >= 0.6 is 22.9 Å². The Hall–Kier alpha value is -3.55. The molecule has 154 valence electrons. The fourth-order valence-corrected chi connectivity index (χ4v) is 4.34. The number of anilines is 1. The predicted octanol–water partition coefficient (Wildman–Crippen LogP) is 5.36. The van der Waals surface area contributed by atoms with E-state index < -0.39 is 0 Å². The fourth-order valence-electron chi connectivity index (χ4n) is 2.93. The van der Waals surface area contributed by atoms with Crippen LogP contribution in [0.3, 0.4) is 0 Å². The van der Waals surface area contributed by atoms with E-state index in [0.29, 0.717) is 26.9 Å². The summed E-state index contributed by atoms with van der Waals surface area (Å²) in [4.78, 5) is 29.3. The van der Waals surface area contributed by atoms with Crippen LogP contribution in [0, 0.1) is 0 Å². The van der Waals surface area contributed by atoms with Gasteiger partial charge in [0.05, 0.1) is 16.3 Å². The van der Waals surface area contributed by atoms with E-state index in [2.05, 4.69) is 20.8 Å². The third kappa shape index (κ3) is 4.63. The second-order valence-corrected chi connectivity index (χ2v) is 8.09. The summed E-state index contributed by atoms with van der Waals surface area (Å²) in [6.45, 7) is 1.77. The number of fused-ring (bicyclic) bond motifs is 1. The second-order valence-electron chi connectivity index (χ2n) is 6.66. The first kappa shape index (κ1) is 20.7. The van der Waals surface area contributed by atoms with Crippen molar-refractivity contribution in [3.63, 3.8) is 0 Å². The number of carbonyl (C=O) groups excluding carboxylic acids is 2. The number of halogens is 1. The van der Waals surface area contributed by atoms with Crippen LogP contribution in [0.5, 0.6) is 0 Å². The lowest BCUT2D eigenvalue weighted by atomic mass is 10.1. The lowest BCUT2D eigenvalue weighted by molar-refractivity contribution is 0.0958. The van der Waals surface area contributed by atoms with Crippen LogP contribution in [-0.2, 0) is 0 Å². The number of hydrogen-bond acceptors (Lipinski definition) is 5. The maximum atomic E-state index is 12.6. The average Bonchev–Trinajstić information content (AvgIpc) is 3.14. The van der Waals surface area contributed by atoms with Crippen molar-refractivity contribution < 1.29 is 9.59 Å². The molecule has 0 saturated heterocycles. The molecule has 6 nitrogen and oxygen atoms in total. The molecule has 31 heavy (non-hydrogen) atoms. The summed E-state index contributed by atoms with van der Waals surface area (Å²) in [5.74, 6) is -0.626. The maximum Gasteiger partial charge on any atom is 0.283 e. The van der Waals surface area contributed by atoms with Gasteiger partial charge in [-0.05, 0) is 42.8 Å². The second kappa shape index (κ2) is 9.07. The zero-order valence-corrected chi connectivity index (χ0v) is 18.0.